The number of rotatable bonds is 6. The summed E-state index contributed by atoms with van der Waals surface area (Å²) in [4.78, 5) is 10.6. The first-order valence-corrected chi connectivity index (χ1v) is 7.40. The SMILES string of the molecule is NC(=O)COc1ccc(NCc2cc(Br)ccc2Cl)cc1. The summed E-state index contributed by atoms with van der Waals surface area (Å²) in [5.41, 5.74) is 6.94. The minimum absolute atomic E-state index is 0.125. The monoisotopic (exact) mass is 368 g/mol. The van der Waals surface area contributed by atoms with E-state index in [0.717, 1.165) is 15.7 Å². The van der Waals surface area contributed by atoms with E-state index in [1.807, 2.05) is 30.3 Å². The fraction of sp³-hybridized carbons (Fsp3) is 0.133. The van der Waals surface area contributed by atoms with Crippen molar-refractivity contribution in [1.29, 1.82) is 0 Å². The molecular formula is C15H14BrClN2O2. The molecule has 0 fully saturated rings. The molecule has 0 bridgehead atoms. The van der Waals surface area contributed by atoms with Gasteiger partial charge < -0.3 is 15.8 Å². The van der Waals surface area contributed by atoms with Crippen molar-refractivity contribution in [2.45, 2.75) is 6.54 Å². The van der Waals surface area contributed by atoms with E-state index in [1.165, 1.54) is 0 Å². The first-order chi connectivity index (χ1) is 10.0. The van der Waals surface area contributed by atoms with Crippen LogP contribution >= 0.6 is 27.5 Å². The van der Waals surface area contributed by atoms with E-state index in [2.05, 4.69) is 21.2 Å². The molecule has 0 saturated carbocycles. The molecule has 0 aliphatic heterocycles. The maximum Gasteiger partial charge on any atom is 0.255 e. The number of carbonyl (C=O) groups excluding carboxylic acids is 1. The van der Waals surface area contributed by atoms with E-state index in [9.17, 15) is 4.79 Å². The van der Waals surface area contributed by atoms with Gasteiger partial charge >= 0.3 is 0 Å². The van der Waals surface area contributed by atoms with E-state index in [1.54, 1.807) is 12.1 Å². The van der Waals surface area contributed by atoms with Gasteiger partial charge in [0.1, 0.15) is 5.75 Å². The van der Waals surface area contributed by atoms with Crippen LogP contribution in [0.25, 0.3) is 0 Å². The molecule has 0 aliphatic carbocycles. The van der Waals surface area contributed by atoms with Crippen molar-refractivity contribution in [3.05, 3.63) is 57.5 Å². The maximum atomic E-state index is 10.6. The van der Waals surface area contributed by atoms with Gasteiger partial charge in [-0.1, -0.05) is 27.5 Å². The van der Waals surface area contributed by atoms with Gasteiger partial charge in [0.15, 0.2) is 6.61 Å². The number of nitrogens with two attached hydrogens (primary N) is 1. The second-order valence-electron chi connectivity index (χ2n) is 4.37. The van der Waals surface area contributed by atoms with Crippen LogP contribution in [0, 0.1) is 0 Å². The Morgan fingerprint density at radius 3 is 2.62 bits per heavy atom. The Morgan fingerprint density at radius 2 is 1.95 bits per heavy atom. The van der Waals surface area contributed by atoms with Crippen LogP contribution in [0.5, 0.6) is 5.75 Å². The molecule has 0 saturated heterocycles. The molecule has 0 atom stereocenters. The molecule has 0 radical (unpaired) electrons. The van der Waals surface area contributed by atoms with Gasteiger partial charge in [0, 0.05) is 21.7 Å². The fourth-order valence-corrected chi connectivity index (χ4v) is 2.29. The highest BCUT2D eigenvalue weighted by Gasteiger charge is 2.02. The Labute approximate surface area is 136 Å². The van der Waals surface area contributed by atoms with Crippen molar-refractivity contribution in [2.24, 2.45) is 5.73 Å². The molecule has 0 heterocycles. The number of hydrogen-bond acceptors (Lipinski definition) is 3. The van der Waals surface area contributed by atoms with Crippen LogP contribution in [0.1, 0.15) is 5.56 Å². The highest BCUT2D eigenvalue weighted by molar-refractivity contribution is 9.10. The molecule has 110 valence electrons. The van der Waals surface area contributed by atoms with Crippen molar-refractivity contribution in [2.75, 3.05) is 11.9 Å². The molecule has 6 heteroatoms. The zero-order valence-corrected chi connectivity index (χ0v) is 13.4. The summed E-state index contributed by atoms with van der Waals surface area (Å²) in [5, 5.41) is 3.98. The number of amides is 1. The molecular weight excluding hydrogens is 356 g/mol. The fourth-order valence-electron chi connectivity index (χ4n) is 1.70. The van der Waals surface area contributed by atoms with Crippen LogP contribution in [0.2, 0.25) is 5.02 Å². The molecule has 21 heavy (non-hydrogen) atoms. The minimum atomic E-state index is -0.499. The summed E-state index contributed by atoms with van der Waals surface area (Å²) >= 11 is 9.55. The Kier molecular flexibility index (Phi) is 5.47. The molecule has 2 rings (SSSR count). The number of anilines is 1. The van der Waals surface area contributed by atoms with E-state index >= 15 is 0 Å². The number of ether oxygens (including phenoxy) is 1. The highest BCUT2D eigenvalue weighted by Crippen LogP contribution is 2.22. The van der Waals surface area contributed by atoms with E-state index < -0.39 is 5.91 Å². The summed E-state index contributed by atoms with van der Waals surface area (Å²) < 4.78 is 6.18. The lowest BCUT2D eigenvalue weighted by atomic mass is 10.2. The van der Waals surface area contributed by atoms with E-state index in [-0.39, 0.29) is 6.61 Å². The summed E-state index contributed by atoms with van der Waals surface area (Å²) in [5.74, 6) is 0.0985. The average Bonchev–Trinajstić information content (AvgIpc) is 2.47. The van der Waals surface area contributed by atoms with Crippen LogP contribution in [-0.2, 0) is 11.3 Å². The van der Waals surface area contributed by atoms with Crippen molar-refractivity contribution < 1.29 is 9.53 Å². The Balaban J connectivity index is 1.94. The molecule has 2 aromatic rings. The summed E-state index contributed by atoms with van der Waals surface area (Å²) in [6, 6.07) is 13.0. The lowest BCUT2D eigenvalue weighted by Gasteiger charge is -2.10. The molecule has 0 spiro atoms. The molecule has 4 nitrogen and oxygen atoms in total. The number of halogens is 2. The predicted octanol–water partition coefficient (Wildman–Crippen LogP) is 3.58. The Morgan fingerprint density at radius 1 is 1.24 bits per heavy atom. The third kappa shape index (κ3) is 4.95. The highest BCUT2D eigenvalue weighted by atomic mass is 79.9. The van der Waals surface area contributed by atoms with Gasteiger partial charge in [-0.15, -0.1) is 0 Å². The zero-order chi connectivity index (χ0) is 15.2. The van der Waals surface area contributed by atoms with Crippen molar-refractivity contribution in [3.8, 4) is 5.75 Å². The lowest BCUT2D eigenvalue weighted by molar-refractivity contribution is -0.119. The normalized spacial score (nSPS) is 10.2. The molecule has 3 N–H and O–H groups in total. The summed E-state index contributed by atoms with van der Waals surface area (Å²) in [6.45, 7) is 0.486. The zero-order valence-electron chi connectivity index (χ0n) is 11.1. The van der Waals surface area contributed by atoms with Gasteiger partial charge in [-0.2, -0.15) is 0 Å². The van der Waals surface area contributed by atoms with Crippen molar-refractivity contribution in [3.63, 3.8) is 0 Å². The molecule has 1 amide bonds. The van der Waals surface area contributed by atoms with Gasteiger partial charge in [0.05, 0.1) is 0 Å². The second kappa shape index (κ2) is 7.33. The van der Waals surface area contributed by atoms with Gasteiger partial charge in [0.2, 0.25) is 0 Å². The molecule has 0 aliphatic rings. The van der Waals surface area contributed by atoms with Crippen LogP contribution in [-0.4, -0.2) is 12.5 Å². The van der Waals surface area contributed by atoms with Crippen molar-refractivity contribution >= 4 is 39.1 Å². The minimum Gasteiger partial charge on any atom is -0.484 e. The predicted molar refractivity (Wildman–Crippen MR) is 87.6 cm³/mol. The smallest absolute Gasteiger partial charge is 0.255 e. The van der Waals surface area contributed by atoms with Gasteiger partial charge in [-0.3, -0.25) is 4.79 Å². The summed E-state index contributed by atoms with van der Waals surface area (Å²) in [6.07, 6.45) is 0. The maximum absolute atomic E-state index is 10.6. The number of nitrogens with one attached hydrogen (secondary N) is 1. The molecule has 0 unspecified atom stereocenters. The summed E-state index contributed by atoms with van der Waals surface area (Å²) in [7, 11) is 0. The van der Waals surface area contributed by atoms with Crippen LogP contribution in [0.3, 0.4) is 0 Å². The lowest BCUT2D eigenvalue weighted by Crippen LogP contribution is -2.19. The largest absolute Gasteiger partial charge is 0.484 e. The second-order valence-corrected chi connectivity index (χ2v) is 5.69. The third-order valence-corrected chi connectivity index (χ3v) is 3.59. The average molecular weight is 370 g/mol. The van der Waals surface area contributed by atoms with E-state index in [4.69, 9.17) is 22.1 Å². The van der Waals surface area contributed by atoms with Crippen molar-refractivity contribution in [1.82, 2.24) is 0 Å². The third-order valence-electron chi connectivity index (χ3n) is 2.73. The topological polar surface area (TPSA) is 64.4 Å². The first-order valence-electron chi connectivity index (χ1n) is 6.23. The Bertz CT molecular complexity index is 632. The quantitative estimate of drug-likeness (QED) is 0.818. The molecule has 0 aromatic heterocycles. The number of benzene rings is 2. The van der Waals surface area contributed by atoms with Crippen LogP contribution in [0.15, 0.2) is 46.9 Å². The Hall–Kier alpha value is -1.72. The van der Waals surface area contributed by atoms with Gasteiger partial charge in [0.25, 0.3) is 5.91 Å². The van der Waals surface area contributed by atoms with Gasteiger partial charge in [-0.25, -0.2) is 0 Å². The van der Waals surface area contributed by atoms with Gasteiger partial charge in [-0.05, 0) is 48.0 Å². The number of hydrogen-bond donors (Lipinski definition) is 2. The molecule has 2 aromatic carbocycles. The van der Waals surface area contributed by atoms with Crippen LogP contribution < -0.4 is 15.8 Å². The van der Waals surface area contributed by atoms with E-state index in [0.29, 0.717) is 17.3 Å². The number of primary amides is 1. The standard InChI is InChI=1S/C15H14BrClN2O2/c16-11-1-6-14(17)10(7-11)8-19-12-2-4-13(5-3-12)21-9-15(18)20/h1-7,19H,8-9H2,(H2,18,20). The van der Waals surface area contributed by atoms with Crippen LogP contribution in [0.4, 0.5) is 5.69 Å². The first kappa shape index (κ1) is 15.7. The number of carbonyl (C=O) groups is 1.